The first-order valence-corrected chi connectivity index (χ1v) is 9.01. The molecule has 1 unspecified atom stereocenters. The van der Waals surface area contributed by atoms with Gasteiger partial charge in [-0.25, -0.2) is 0 Å². The Hall–Kier alpha value is -1.54. The Morgan fingerprint density at radius 3 is 2.15 bits per heavy atom. The summed E-state index contributed by atoms with van der Waals surface area (Å²) in [6, 6.07) is 7.21. The minimum Gasteiger partial charge on any atom is -0.369 e. The van der Waals surface area contributed by atoms with Crippen molar-refractivity contribution in [3.05, 3.63) is 68.7 Å². The number of fused-ring (bicyclic) bond motifs is 1. The third-order valence-corrected chi connectivity index (χ3v) is 4.96. The van der Waals surface area contributed by atoms with Crippen LogP contribution in [0.15, 0.2) is 40.9 Å². The first-order valence-electron chi connectivity index (χ1n) is 8.22. The Bertz CT molecular complexity index is 796. The molecule has 0 heterocycles. The summed E-state index contributed by atoms with van der Waals surface area (Å²) >= 11 is 3.39. The highest BCUT2D eigenvalue weighted by molar-refractivity contribution is 9.10. The quantitative estimate of drug-likeness (QED) is 0.452. The van der Waals surface area contributed by atoms with E-state index in [4.69, 9.17) is 4.74 Å². The van der Waals surface area contributed by atoms with Gasteiger partial charge in [0.1, 0.15) is 0 Å². The molecule has 0 saturated heterocycles. The summed E-state index contributed by atoms with van der Waals surface area (Å²) in [4.78, 5) is 0. The van der Waals surface area contributed by atoms with E-state index < -0.39 is 23.5 Å². The van der Waals surface area contributed by atoms with E-state index in [0.29, 0.717) is 18.6 Å². The molecule has 8 heteroatoms. The topological polar surface area (TPSA) is 9.23 Å². The van der Waals surface area contributed by atoms with E-state index in [1.807, 2.05) is 18.2 Å². The largest absolute Gasteiger partial charge is 0.416 e. The molecule has 1 atom stereocenters. The molecule has 1 aliphatic rings. The molecule has 1 nitrogen and oxygen atoms in total. The summed E-state index contributed by atoms with van der Waals surface area (Å²) < 4.78 is 84.4. The van der Waals surface area contributed by atoms with Gasteiger partial charge >= 0.3 is 12.4 Å². The Balaban J connectivity index is 1.84. The van der Waals surface area contributed by atoms with E-state index in [9.17, 15) is 26.3 Å². The van der Waals surface area contributed by atoms with Crippen molar-refractivity contribution in [2.45, 2.75) is 44.3 Å². The maximum Gasteiger partial charge on any atom is 0.416 e. The van der Waals surface area contributed by atoms with E-state index in [2.05, 4.69) is 15.9 Å². The van der Waals surface area contributed by atoms with Gasteiger partial charge in [-0.05, 0) is 66.3 Å². The smallest absolute Gasteiger partial charge is 0.369 e. The average Bonchev–Trinajstić information content (AvgIpc) is 2.57. The molecule has 0 aromatic heterocycles. The van der Waals surface area contributed by atoms with Crippen molar-refractivity contribution in [2.75, 3.05) is 0 Å². The van der Waals surface area contributed by atoms with Gasteiger partial charge in [0.25, 0.3) is 0 Å². The Kier molecular flexibility index (Phi) is 5.59. The molecule has 0 N–H and O–H groups in total. The minimum absolute atomic E-state index is 0.122. The van der Waals surface area contributed by atoms with Crippen LogP contribution in [-0.2, 0) is 30.1 Å². The van der Waals surface area contributed by atoms with Gasteiger partial charge in [0.2, 0.25) is 0 Å². The summed E-state index contributed by atoms with van der Waals surface area (Å²) in [5.74, 6) is 0. The van der Waals surface area contributed by atoms with Gasteiger partial charge in [-0.15, -0.1) is 0 Å². The zero-order valence-electron chi connectivity index (χ0n) is 13.9. The fourth-order valence-corrected chi connectivity index (χ4v) is 3.62. The van der Waals surface area contributed by atoms with Crippen LogP contribution in [0.3, 0.4) is 0 Å². The van der Waals surface area contributed by atoms with Crippen molar-refractivity contribution in [3.63, 3.8) is 0 Å². The first kappa shape index (κ1) is 20.2. The van der Waals surface area contributed by atoms with Crippen LogP contribution in [0.4, 0.5) is 26.3 Å². The molecule has 0 fully saturated rings. The minimum atomic E-state index is -4.86. The predicted octanol–water partition coefficient (Wildman–Crippen LogP) is 7.08. The number of benzene rings is 2. The SMILES string of the molecule is FC(F)(F)c1cc(COC2CCCc3cc(Br)ccc32)cc(C(F)(F)F)c1. The van der Waals surface area contributed by atoms with E-state index in [1.54, 1.807) is 0 Å². The lowest BCUT2D eigenvalue weighted by Crippen LogP contribution is -2.15. The van der Waals surface area contributed by atoms with Crippen LogP contribution in [0.5, 0.6) is 0 Å². The maximum atomic E-state index is 13.0. The lowest BCUT2D eigenvalue weighted by molar-refractivity contribution is -0.143. The molecule has 0 aliphatic heterocycles. The molecule has 2 aromatic rings. The average molecular weight is 453 g/mol. The highest BCUT2D eigenvalue weighted by Crippen LogP contribution is 2.38. The van der Waals surface area contributed by atoms with Crippen molar-refractivity contribution in [1.82, 2.24) is 0 Å². The summed E-state index contributed by atoms with van der Waals surface area (Å²) in [5.41, 5.74) is -0.817. The molecule has 0 spiro atoms. The van der Waals surface area contributed by atoms with Gasteiger partial charge in [-0.3, -0.25) is 0 Å². The van der Waals surface area contributed by atoms with E-state index >= 15 is 0 Å². The summed E-state index contributed by atoms with van der Waals surface area (Å²) in [6.45, 7) is -0.326. The van der Waals surface area contributed by atoms with Crippen LogP contribution in [0, 0.1) is 0 Å². The molecular weight excluding hydrogens is 438 g/mol. The Morgan fingerprint density at radius 1 is 0.926 bits per heavy atom. The number of hydrogen-bond acceptors (Lipinski definition) is 1. The second-order valence-electron chi connectivity index (χ2n) is 6.45. The maximum absolute atomic E-state index is 13.0. The molecule has 0 amide bonds. The second-order valence-corrected chi connectivity index (χ2v) is 7.36. The molecule has 146 valence electrons. The predicted molar refractivity (Wildman–Crippen MR) is 91.1 cm³/mol. The second kappa shape index (κ2) is 7.47. The van der Waals surface area contributed by atoms with Crippen LogP contribution < -0.4 is 0 Å². The van der Waals surface area contributed by atoms with Gasteiger partial charge in [-0.1, -0.05) is 22.0 Å². The van der Waals surface area contributed by atoms with Crippen LogP contribution in [0.2, 0.25) is 0 Å². The standard InChI is InChI=1S/C19H15BrF6O/c20-15-4-5-16-12(8-15)2-1-3-17(16)27-10-11-6-13(18(21,22)23)9-14(7-11)19(24,25)26/h4-9,17H,1-3,10H2. The number of ether oxygens (including phenoxy) is 1. The van der Waals surface area contributed by atoms with Crippen molar-refractivity contribution in [1.29, 1.82) is 0 Å². The molecular formula is C19H15BrF6O. The van der Waals surface area contributed by atoms with E-state index in [0.717, 1.165) is 28.4 Å². The third kappa shape index (κ3) is 4.85. The molecule has 2 aromatic carbocycles. The van der Waals surface area contributed by atoms with Gasteiger partial charge in [0.05, 0.1) is 23.8 Å². The zero-order chi connectivity index (χ0) is 19.8. The monoisotopic (exact) mass is 452 g/mol. The first-order chi connectivity index (χ1) is 12.5. The summed E-state index contributed by atoms with van der Waals surface area (Å²) in [6.07, 6.45) is -7.72. The highest BCUT2D eigenvalue weighted by atomic mass is 79.9. The van der Waals surface area contributed by atoms with Gasteiger partial charge in [-0.2, -0.15) is 26.3 Å². The van der Waals surface area contributed by atoms with Crippen molar-refractivity contribution >= 4 is 15.9 Å². The van der Waals surface area contributed by atoms with Crippen LogP contribution in [-0.4, -0.2) is 0 Å². The normalized spacial score (nSPS) is 17.7. The zero-order valence-corrected chi connectivity index (χ0v) is 15.5. The fraction of sp³-hybridized carbons (Fsp3) is 0.368. The number of aryl methyl sites for hydroxylation is 1. The number of hydrogen-bond donors (Lipinski definition) is 0. The number of alkyl halides is 6. The molecule has 0 bridgehead atoms. The molecule has 1 aliphatic carbocycles. The summed E-state index contributed by atoms with van der Waals surface area (Å²) in [7, 11) is 0. The van der Waals surface area contributed by atoms with Crippen molar-refractivity contribution in [3.8, 4) is 0 Å². The lowest BCUT2D eigenvalue weighted by atomic mass is 9.89. The number of halogens is 7. The molecule has 3 rings (SSSR count). The summed E-state index contributed by atoms with van der Waals surface area (Å²) in [5, 5.41) is 0. The van der Waals surface area contributed by atoms with Gasteiger partial charge < -0.3 is 4.74 Å². The molecule has 0 radical (unpaired) electrons. The van der Waals surface area contributed by atoms with Crippen molar-refractivity contribution in [2.24, 2.45) is 0 Å². The lowest BCUT2D eigenvalue weighted by Gasteiger charge is -2.26. The van der Waals surface area contributed by atoms with Gasteiger partial charge in [0, 0.05) is 4.47 Å². The van der Waals surface area contributed by atoms with E-state index in [-0.39, 0.29) is 24.3 Å². The van der Waals surface area contributed by atoms with Crippen LogP contribution in [0.25, 0.3) is 0 Å². The Labute approximate surface area is 160 Å². The Morgan fingerprint density at radius 2 is 1.56 bits per heavy atom. The van der Waals surface area contributed by atoms with Crippen LogP contribution >= 0.6 is 15.9 Å². The molecule has 0 saturated carbocycles. The molecule has 27 heavy (non-hydrogen) atoms. The van der Waals surface area contributed by atoms with Gasteiger partial charge in [0.15, 0.2) is 0 Å². The van der Waals surface area contributed by atoms with Crippen LogP contribution in [0.1, 0.15) is 46.8 Å². The number of rotatable bonds is 3. The van der Waals surface area contributed by atoms with Crippen molar-refractivity contribution < 1.29 is 31.1 Å². The fourth-order valence-electron chi connectivity index (χ4n) is 3.21. The van der Waals surface area contributed by atoms with E-state index in [1.165, 1.54) is 0 Å². The highest BCUT2D eigenvalue weighted by Gasteiger charge is 2.37. The third-order valence-electron chi connectivity index (χ3n) is 4.46.